The average molecular weight is 236 g/mol. The zero-order valence-electron chi connectivity index (χ0n) is 10.7. The lowest BCUT2D eigenvalue weighted by atomic mass is 9.82. The van der Waals surface area contributed by atoms with Gasteiger partial charge in [0, 0.05) is 12.6 Å². The second-order valence-corrected chi connectivity index (χ2v) is 4.81. The fourth-order valence-electron chi connectivity index (χ4n) is 2.57. The van der Waals surface area contributed by atoms with Gasteiger partial charge >= 0.3 is 0 Å². The summed E-state index contributed by atoms with van der Waals surface area (Å²) in [4.78, 5) is 6.67. The van der Waals surface area contributed by atoms with Crippen molar-refractivity contribution in [3.05, 3.63) is 65.7 Å². The van der Waals surface area contributed by atoms with Crippen molar-refractivity contribution < 1.29 is 0 Å². The predicted octanol–water partition coefficient (Wildman–Crippen LogP) is 3.56. The van der Waals surface area contributed by atoms with E-state index in [-0.39, 0.29) is 5.54 Å². The summed E-state index contributed by atoms with van der Waals surface area (Å²) in [6, 6.07) is 18.9. The van der Waals surface area contributed by atoms with Gasteiger partial charge in [-0.05, 0) is 18.6 Å². The van der Waals surface area contributed by atoms with Crippen LogP contribution in [0.15, 0.2) is 59.6 Å². The fraction of sp³-hybridized carbons (Fsp3) is 0.188. The summed E-state index contributed by atoms with van der Waals surface area (Å²) in [6.45, 7) is 2.24. The summed E-state index contributed by atoms with van der Waals surface area (Å²) in [6.07, 6.45) is 1.91. The molecule has 0 saturated carbocycles. The van der Waals surface area contributed by atoms with E-state index in [0.717, 1.165) is 5.69 Å². The van der Waals surface area contributed by atoms with Gasteiger partial charge in [-0.1, -0.05) is 48.5 Å². The molecule has 0 spiro atoms. The molecule has 1 unspecified atom stereocenters. The Bertz CT molecular complexity index is 589. The van der Waals surface area contributed by atoms with Crippen LogP contribution in [0.1, 0.15) is 18.1 Å². The number of benzene rings is 2. The van der Waals surface area contributed by atoms with Crippen LogP contribution in [0, 0.1) is 0 Å². The molecule has 0 bridgehead atoms. The van der Waals surface area contributed by atoms with Crippen molar-refractivity contribution in [2.75, 3.05) is 7.05 Å². The van der Waals surface area contributed by atoms with Gasteiger partial charge in [0.15, 0.2) is 0 Å². The van der Waals surface area contributed by atoms with Gasteiger partial charge in [-0.2, -0.15) is 0 Å². The molecule has 0 fully saturated rings. The third-order valence-corrected chi connectivity index (χ3v) is 3.84. The number of aliphatic imine (C=N–C) groups is 1. The minimum absolute atomic E-state index is 0.153. The van der Waals surface area contributed by atoms with Crippen LogP contribution in [-0.4, -0.2) is 18.3 Å². The van der Waals surface area contributed by atoms with Crippen molar-refractivity contribution in [1.82, 2.24) is 4.90 Å². The van der Waals surface area contributed by atoms with E-state index >= 15 is 0 Å². The summed E-state index contributed by atoms with van der Waals surface area (Å²) in [5, 5.41) is 0. The topological polar surface area (TPSA) is 15.6 Å². The largest absolute Gasteiger partial charge is 0.352 e. The summed E-state index contributed by atoms with van der Waals surface area (Å²) < 4.78 is 0. The Balaban J connectivity index is 2.24. The molecule has 2 aromatic carbocycles. The van der Waals surface area contributed by atoms with E-state index in [0.29, 0.717) is 0 Å². The zero-order chi connectivity index (χ0) is 12.6. The predicted molar refractivity (Wildman–Crippen MR) is 75.3 cm³/mol. The van der Waals surface area contributed by atoms with Crippen LogP contribution in [-0.2, 0) is 5.54 Å². The van der Waals surface area contributed by atoms with E-state index in [4.69, 9.17) is 0 Å². The molecule has 1 aliphatic rings. The van der Waals surface area contributed by atoms with Crippen LogP contribution in [0.5, 0.6) is 0 Å². The van der Waals surface area contributed by atoms with Gasteiger partial charge in [-0.3, -0.25) is 0 Å². The standard InChI is InChI=1S/C16H16N2/c1-16(13-8-4-3-5-9-13)14-10-6-7-11-15(14)17-12-18(16)2/h3-12H,1-2H3. The summed E-state index contributed by atoms with van der Waals surface area (Å²) in [5.74, 6) is 0. The van der Waals surface area contributed by atoms with Crippen LogP contribution in [0.3, 0.4) is 0 Å². The Morgan fingerprint density at radius 3 is 2.39 bits per heavy atom. The molecule has 1 aliphatic heterocycles. The number of hydrogen-bond donors (Lipinski definition) is 0. The Morgan fingerprint density at radius 2 is 1.61 bits per heavy atom. The molecule has 2 aromatic rings. The molecule has 0 N–H and O–H groups in total. The molecular weight excluding hydrogens is 220 g/mol. The molecule has 18 heavy (non-hydrogen) atoms. The van der Waals surface area contributed by atoms with Crippen molar-refractivity contribution in [3.8, 4) is 0 Å². The molecule has 0 aliphatic carbocycles. The van der Waals surface area contributed by atoms with Gasteiger partial charge in [-0.25, -0.2) is 4.99 Å². The quantitative estimate of drug-likeness (QED) is 0.739. The highest BCUT2D eigenvalue weighted by molar-refractivity contribution is 5.71. The van der Waals surface area contributed by atoms with Crippen LogP contribution in [0.4, 0.5) is 5.69 Å². The normalized spacial score (nSPS) is 21.8. The minimum atomic E-state index is -0.153. The van der Waals surface area contributed by atoms with Crippen LogP contribution < -0.4 is 0 Å². The summed E-state index contributed by atoms with van der Waals surface area (Å²) >= 11 is 0. The maximum absolute atomic E-state index is 4.50. The molecule has 0 amide bonds. The van der Waals surface area contributed by atoms with Crippen LogP contribution in [0.25, 0.3) is 0 Å². The third-order valence-electron chi connectivity index (χ3n) is 3.84. The van der Waals surface area contributed by atoms with Gasteiger partial charge in [-0.15, -0.1) is 0 Å². The number of nitrogens with zero attached hydrogens (tertiary/aromatic N) is 2. The van der Waals surface area contributed by atoms with Gasteiger partial charge in [0.05, 0.1) is 17.6 Å². The van der Waals surface area contributed by atoms with E-state index in [1.807, 2.05) is 12.4 Å². The van der Waals surface area contributed by atoms with Crippen molar-refractivity contribution in [1.29, 1.82) is 0 Å². The maximum Gasteiger partial charge on any atom is 0.0919 e. The molecule has 1 atom stereocenters. The summed E-state index contributed by atoms with van der Waals surface area (Å²) in [7, 11) is 2.08. The molecule has 3 rings (SSSR count). The first-order chi connectivity index (χ1) is 8.73. The highest BCUT2D eigenvalue weighted by Gasteiger charge is 2.36. The van der Waals surface area contributed by atoms with Gasteiger partial charge < -0.3 is 4.90 Å². The Kier molecular flexibility index (Phi) is 2.44. The van der Waals surface area contributed by atoms with Crippen molar-refractivity contribution in [3.63, 3.8) is 0 Å². The zero-order valence-corrected chi connectivity index (χ0v) is 10.7. The van der Waals surface area contributed by atoms with Gasteiger partial charge in [0.25, 0.3) is 0 Å². The SMILES string of the molecule is CN1C=Nc2ccccc2C1(C)c1ccccc1. The van der Waals surface area contributed by atoms with Crippen molar-refractivity contribution in [2.45, 2.75) is 12.5 Å². The van der Waals surface area contributed by atoms with E-state index < -0.39 is 0 Å². The molecule has 0 aromatic heterocycles. The number of rotatable bonds is 1. The minimum Gasteiger partial charge on any atom is -0.352 e. The smallest absolute Gasteiger partial charge is 0.0919 e. The molecule has 2 nitrogen and oxygen atoms in total. The first-order valence-electron chi connectivity index (χ1n) is 6.15. The monoisotopic (exact) mass is 236 g/mol. The van der Waals surface area contributed by atoms with Gasteiger partial charge in [0.2, 0.25) is 0 Å². The third kappa shape index (κ3) is 1.46. The highest BCUT2D eigenvalue weighted by Crippen LogP contribution is 2.41. The van der Waals surface area contributed by atoms with E-state index in [1.165, 1.54) is 11.1 Å². The second-order valence-electron chi connectivity index (χ2n) is 4.81. The second kappa shape index (κ2) is 3.98. The van der Waals surface area contributed by atoms with Crippen molar-refractivity contribution in [2.24, 2.45) is 4.99 Å². The molecule has 2 heteroatoms. The molecule has 90 valence electrons. The summed E-state index contributed by atoms with van der Waals surface area (Å²) in [5.41, 5.74) is 3.44. The molecule has 0 saturated heterocycles. The average Bonchev–Trinajstić information content (AvgIpc) is 2.44. The molecule has 0 radical (unpaired) electrons. The lowest BCUT2D eigenvalue weighted by Crippen LogP contribution is -2.43. The molecular formula is C16H16N2. The van der Waals surface area contributed by atoms with Crippen molar-refractivity contribution >= 4 is 12.0 Å². The fourth-order valence-corrected chi connectivity index (χ4v) is 2.57. The Hall–Kier alpha value is -2.09. The van der Waals surface area contributed by atoms with E-state index in [9.17, 15) is 0 Å². The number of hydrogen-bond acceptors (Lipinski definition) is 2. The van der Waals surface area contributed by atoms with E-state index in [1.54, 1.807) is 0 Å². The lowest BCUT2D eigenvalue weighted by molar-refractivity contribution is 0.292. The van der Waals surface area contributed by atoms with E-state index in [2.05, 4.69) is 72.4 Å². The lowest BCUT2D eigenvalue weighted by Gasteiger charge is -2.41. The maximum atomic E-state index is 4.50. The highest BCUT2D eigenvalue weighted by atomic mass is 15.2. The molecule has 1 heterocycles. The number of fused-ring (bicyclic) bond motifs is 1. The first kappa shape index (κ1) is 11.0. The Labute approximate surface area is 108 Å². The van der Waals surface area contributed by atoms with Crippen LogP contribution in [0.2, 0.25) is 0 Å². The Morgan fingerprint density at radius 1 is 0.944 bits per heavy atom. The number of para-hydroxylation sites is 1. The first-order valence-corrected chi connectivity index (χ1v) is 6.15. The van der Waals surface area contributed by atoms with Gasteiger partial charge in [0.1, 0.15) is 0 Å². The van der Waals surface area contributed by atoms with Crippen LogP contribution >= 0.6 is 0 Å².